The molecule has 1 aromatic rings. The number of nitrogens with one attached hydrogen (secondary N) is 1. The molecule has 0 spiro atoms. The van der Waals surface area contributed by atoms with E-state index in [1.807, 2.05) is 13.1 Å². The highest BCUT2D eigenvalue weighted by atomic mass is 28.4. The molecule has 0 saturated carbocycles. The first-order valence-corrected chi connectivity index (χ1v) is 12.5. The van der Waals surface area contributed by atoms with E-state index in [0.717, 1.165) is 0 Å². The molecule has 0 saturated heterocycles. The Bertz CT molecular complexity index is 721. The molecule has 29 heavy (non-hydrogen) atoms. The van der Waals surface area contributed by atoms with Crippen molar-refractivity contribution in [3.05, 3.63) is 29.8 Å². The first kappa shape index (κ1) is 25.0. The van der Waals surface area contributed by atoms with Gasteiger partial charge in [0.05, 0.1) is 7.11 Å². The summed E-state index contributed by atoms with van der Waals surface area (Å²) in [6, 6.07) is 5.72. The van der Waals surface area contributed by atoms with Gasteiger partial charge in [0.15, 0.2) is 14.4 Å². The average molecular weight is 426 g/mol. The minimum Gasteiger partial charge on any atom is -0.496 e. The van der Waals surface area contributed by atoms with Crippen molar-refractivity contribution in [3.8, 4) is 5.75 Å². The zero-order valence-corrected chi connectivity index (χ0v) is 20.0. The van der Waals surface area contributed by atoms with Crippen LogP contribution in [0.5, 0.6) is 5.75 Å². The molecular formula is C21H35NO6Si. The van der Waals surface area contributed by atoms with Crippen LogP contribution >= 0.6 is 0 Å². The van der Waals surface area contributed by atoms with Crippen LogP contribution in [0.2, 0.25) is 18.1 Å². The number of alkyl carbamates (subject to hydrolysis) is 1. The normalized spacial score (nSPS) is 14.7. The predicted molar refractivity (Wildman–Crippen MR) is 115 cm³/mol. The van der Waals surface area contributed by atoms with Crippen molar-refractivity contribution in [1.29, 1.82) is 0 Å². The maximum Gasteiger partial charge on any atom is 0.408 e. The molecule has 0 bridgehead atoms. The monoisotopic (exact) mass is 425 g/mol. The summed E-state index contributed by atoms with van der Waals surface area (Å²) in [5.74, 6) is -0.723. The summed E-state index contributed by atoms with van der Waals surface area (Å²) in [6.45, 7) is 15.4. The third kappa shape index (κ3) is 7.04. The van der Waals surface area contributed by atoms with Crippen molar-refractivity contribution in [1.82, 2.24) is 5.32 Å². The van der Waals surface area contributed by atoms with Crippen molar-refractivity contribution in [2.45, 2.75) is 77.4 Å². The van der Waals surface area contributed by atoms with Gasteiger partial charge in [-0.25, -0.2) is 9.59 Å². The molecule has 0 aliphatic rings. The first-order valence-electron chi connectivity index (χ1n) is 9.62. The number of amides is 1. The Hall–Kier alpha value is -2.06. The topological polar surface area (TPSA) is 94.1 Å². The van der Waals surface area contributed by atoms with Gasteiger partial charge in [-0.15, -0.1) is 0 Å². The molecule has 8 heteroatoms. The van der Waals surface area contributed by atoms with Crippen molar-refractivity contribution in [2.75, 3.05) is 7.11 Å². The Balaban J connectivity index is 3.42. The highest BCUT2D eigenvalue weighted by Crippen LogP contribution is 2.42. The predicted octanol–water partition coefficient (Wildman–Crippen LogP) is 4.74. The summed E-state index contributed by atoms with van der Waals surface area (Å²) >= 11 is 0. The van der Waals surface area contributed by atoms with Crippen molar-refractivity contribution >= 4 is 20.4 Å². The zero-order chi connectivity index (χ0) is 22.6. The van der Waals surface area contributed by atoms with E-state index < -0.39 is 38.1 Å². The van der Waals surface area contributed by atoms with Gasteiger partial charge in [-0.05, 0) is 45.0 Å². The molecule has 0 aromatic heterocycles. The number of benzene rings is 1. The highest BCUT2D eigenvalue weighted by molar-refractivity contribution is 6.74. The van der Waals surface area contributed by atoms with Crippen LogP contribution < -0.4 is 10.1 Å². The fourth-order valence-corrected chi connectivity index (χ4v) is 3.66. The van der Waals surface area contributed by atoms with Gasteiger partial charge < -0.3 is 24.3 Å². The van der Waals surface area contributed by atoms with Gasteiger partial charge in [0.2, 0.25) is 0 Å². The van der Waals surface area contributed by atoms with Crippen LogP contribution in [-0.4, -0.2) is 44.2 Å². The van der Waals surface area contributed by atoms with Gasteiger partial charge in [-0.1, -0.05) is 39.0 Å². The van der Waals surface area contributed by atoms with E-state index in [1.165, 1.54) is 7.11 Å². The summed E-state index contributed by atoms with van der Waals surface area (Å²) in [7, 11) is -0.891. The highest BCUT2D eigenvalue weighted by Gasteiger charge is 2.44. The van der Waals surface area contributed by atoms with E-state index in [2.05, 4.69) is 26.1 Å². The third-order valence-electron chi connectivity index (χ3n) is 4.91. The zero-order valence-electron chi connectivity index (χ0n) is 19.0. The van der Waals surface area contributed by atoms with Crippen molar-refractivity contribution < 1.29 is 28.6 Å². The molecule has 1 rings (SSSR count). The Labute approximate surface area is 174 Å². The number of para-hydroxylation sites is 1. The Kier molecular flexibility index (Phi) is 7.90. The van der Waals surface area contributed by atoms with E-state index in [-0.39, 0.29) is 5.04 Å². The lowest BCUT2D eigenvalue weighted by molar-refractivity contribution is -0.142. The van der Waals surface area contributed by atoms with Crippen molar-refractivity contribution in [3.63, 3.8) is 0 Å². The molecule has 7 nitrogen and oxygen atoms in total. The molecule has 2 unspecified atom stereocenters. The second-order valence-electron chi connectivity index (χ2n) is 9.50. The second kappa shape index (κ2) is 9.17. The lowest BCUT2D eigenvalue weighted by Gasteiger charge is -2.41. The van der Waals surface area contributed by atoms with E-state index in [0.29, 0.717) is 11.3 Å². The maximum atomic E-state index is 12.4. The Morgan fingerprint density at radius 1 is 1.07 bits per heavy atom. The summed E-state index contributed by atoms with van der Waals surface area (Å²) in [6.07, 6.45) is -1.76. The quantitative estimate of drug-likeness (QED) is 0.613. The minimum absolute atomic E-state index is 0.164. The molecule has 0 fully saturated rings. The molecule has 1 aromatic carbocycles. The smallest absolute Gasteiger partial charge is 0.408 e. The molecule has 0 radical (unpaired) electrons. The van der Waals surface area contributed by atoms with Gasteiger partial charge in [0.25, 0.3) is 0 Å². The lowest BCUT2D eigenvalue weighted by atomic mass is 10.0. The number of carbonyl (C=O) groups is 2. The number of hydrogen-bond donors (Lipinski definition) is 2. The van der Waals surface area contributed by atoms with Crippen LogP contribution in [0.4, 0.5) is 4.79 Å². The van der Waals surface area contributed by atoms with E-state index >= 15 is 0 Å². The molecule has 0 aliphatic heterocycles. The lowest BCUT2D eigenvalue weighted by Crippen LogP contribution is -2.51. The number of carboxylic acids is 1. The molecule has 2 atom stereocenters. The van der Waals surface area contributed by atoms with Crippen LogP contribution in [0, 0.1) is 0 Å². The molecular weight excluding hydrogens is 390 g/mol. The molecule has 2 N–H and O–H groups in total. The molecule has 164 valence electrons. The van der Waals surface area contributed by atoms with Gasteiger partial charge in [0.1, 0.15) is 17.5 Å². The number of ether oxygens (including phenoxy) is 2. The Morgan fingerprint density at radius 3 is 2.07 bits per heavy atom. The minimum atomic E-state index is -2.40. The van der Waals surface area contributed by atoms with Gasteiger partial charge >= 0.3 is 12.1 Å². The average Bonchev–Trinajstić information content (AvgIpc) is 2.55. The largest absolute Gasteiger partial charge is 0.496 e. The standard InChI is InChI=1S/C21H35NO6Si/c1-20(2,3)27-19(25)22-16(18(23)24)17(28-29(8,9)21(4,5)6)14-12-10-11-13-15(14)26-7/h10-13,16-17H,1-9H3,(H,22,25)(H,23,24). The summed E-state index contributed by atoms with van der Waals surface area (Å²) in [5.41, 5.74) is -0.198. The van der Waals surface area contributed by atoms with Crippen LogP contribution in [-0.2, 0) is 14.0 Å². The first-order chi connectivity index (χ1) is 13.1. The molecule has 0 heterocycles. The number of methoxy groups -OCH3 is 1. The summed E-state index contributed by atoms with van der Waals surface area (Å²) in [5, 5.41) is 12.3. The van der Waals surface area contributed by atoms with Gasteiger partial charge in [0, 0.05) is 5.56 Å². The Morgan fingerprint density at radius 2 is 1.62 bits per heavy atom. The van der Waals surface area contributed by atoms with Crippen LogP contribution in [0.3, 0.4) is 0 Å². The van der Waals surface area contributed by atoms with Crippen LogP contribution in [0.15, 0.2) is 24.3 Å². The number of hydrogen-bond acceptors (Lipinski definition) is 5. The summed E-state index contributed by atoms with van der Waals surface area (Å²) in [4.78, 5) is 24.5. The molecule has 1 amide bonds. The van der Waals surface area contributed by atoms with E-state index in [4.69, 9.17) is 13.9 Å². The number of aliphatic carboxylic acids is 1. The summed E-state index contributed by atoms with van der Waals surface area (Å²) < 4.78 is 17.2. The van der Waals surface area contributed by atoms with E-state index in [1.54, 1.807) is 45.0 Å². The number of carboxylic acid groups (broad SMARTS) is 1. The molecule has 0 aliphatic carbocycles. The van der Waals surface area contributed by atoms with Crippen LogP contribution in [0.1, 0.15) is 53.2 Å². The second-order valence-corrected chi connectivity index (χ2v) is 14.3. The number of carbonyl (C=O) groups excluding carboxylic acids is 1. The third-order valence-corrected chi connectivity index (χ3v) is 9.37. The fourth-order valence-electron chi connectivity index (χ4n) is 2.41. The van der Waals surface area contributed by atoms with E-state index in [9.17, 15) is 14.7 Å². The fraction of sp³-hybridized carbons (Fsp3) is 0.619. The van der Waals surface area contributed by atoms with Crippen molar-refractivity contribution in [2.24, 2.45) is 0 Å². The van der Waals surface area contributed by atoms with Gasteiger partial charge in [-0.2, -0.15) is 0 Å². The van der Waals surface area contributed by atoms with Gasteiger partial charge in [-0.3, -0.25) is 0 Å². The maximum absolute atomic E-state index is 12.4. The number of rotatable bonds is 7. The van der Waals surface area contributed by atoms with Crippen LogP contribution in [0.25, 0.3) is 0 Å². The SMILES string of the molecule is COc1ccccc1C(O[Si](C)(C)C(C)(C)C)C(NC(=O)OC(C)(C)C)C(=O)O.